The molecule has 0 N–H and O–H groups in total. The van der Waals surface area contributed by atoms with Gasteiger partial charge in [0.1, 0.15) is 5.75 Å². The van der Waals surface area contributed by atoms with Crippen molar-refractivity contribution in [3.8, 4) is 5.75 Å². The number of carbonyl (C=O) groups excluding carboxylic acids is 2. The Kier molecular flexibility index (Phi) is 3.11. The molecule has 1 aliphatic carbocycles. The molecule has 96 valence electrons. The summed E-state index contributed by atoms with van der Waals surface area (Å²) >= 11 is 0. The van der Waals surface area contributed by atoms with E-state index in [0.29, 0.717) is 11.3 Å². The van der Waals surface area contributed by atoms with Crippen molar-refractivity contribution in [2.75, 3.05) is 14.2 Å². The van der Waals surface area contributed by atoms with E-state index >= 15 is 0 Å². The van der Waals surface area contributed by atoms with Crippen LogP contribution in [-0.4, -0.2) is 26.0 Å². The third-order valence-corrected chi connectivity index (χ3v) is 3.46. The van der Waals surface area contributed by atoms with Crippen LogP contribution in [0.15, 0.2) is 18.2 Å². The van der Waals surface area contributed by atoms with Crippen molar-refractivity contribution in [1.29, 1.82) is 0 Å². The summed E-state index contributed by atoms with van der Waals surface area (Å²) in [5.41, 5.74) is 0.788. The second kappa shape index (κ2) is 4.44. The largest absolute Gasteiger partial charge is 0.496 e. The molecule has 0 amide bonds. The highest BCUT2D eigenvalue weighted by Crippen LogP contribution is 2.49. The van der Waals surface area contributed by atoms with E-state index in [0.717, 1.165) is 18.4 Å². The Hall–Kier alpha value is -1.84. The van der Waals surface area contributed by atoms with Gasteiger partial charge in [-0.2, -0.15) is 0 Å². The molecule has 0 spiro atoms. The summed E-state index contributed by atoms with van der Waals surface area (Å²) in [7, 11) is 2.91. The molecule has 0 aliphatic heterocycles. The summed E-state index contributed by atoms with van der Waals surface area (Å²) in [5, 5.41) is 0. The molecule has 2 rings (SSSR count). The molecule has 18 heavy (non-hydrogen) atoms. The van der Waals surface area contributed by atoms with E-state index in [-0.39, 0.29) is 11.8 Å². The van der Waals surface area contributed by atoms with Crippen LogP contribution in [0.2, 0.25) is 0 Å². The average Bonchev–Trinajstić information content (AvgIpc) is 3.18. The molecule has 1 fully saturated rings. The SMILES string of the molecule is COC(=O)C1(c2ccc(OC)c(C(C)=O)c2)CC1. The molecule has 0 unspecified atom stereocenters. The number of hydrogen-bond donors (Lipinski definition) is 0. The number of ketones is 1. The Morgan fingerprint density at radius 3 is 2.33 bits per heavy atom. The predicted molar refractivity (Wildman–Crippen MR) is 65.9 cm³/mol. The molecule has 0 atom stereocenters. The van der Waals surface area contributed by atoms with Crippen molar-refractivity contribution in [2.45, 2.75) is 25.2 Å². The van der Waals surface area contributed by atoms with Crippen LogP contribution in [0.3, 0.4) is 0 Å². The summed E-state index contributed by atoms with van der Waals surface area (Å²) in [6, 6.07) is 5.30. The highest BCUT2D eigenvalue weighted by atomic mass is 16.5. The van der Waals surface area contributed by atoms with Gasteiger partial charge < -0.3 is 9.47 Å². The van der Waals surface area contributed by atoms with Gasteiger partial charge in [0.25, 0.3) is 0 Å². The maximum absolute atomic E-state index is 11.8. The fraction of sp³-hybridized carbons (Fsp3) is 0.429. The van der Waals surface area contributed by atoms with Crippen LogP contribution < -0.4 is 4.74 Å². The number of carbonyl (C=O) groups is 2. The normalized spacial score (nSPS) is 15.9. The zero-order valence-electron chi connectivity index (χ0n) is 10.8. The lowest BCUT2D eigenvalue weighted by Crippen LogP contribution is -2.22. The number of hydrogen-bond acceptors (Lipinski definition) is 4. The van der Waals surface area contributed by atoms with Crippen LogP contribution in [0, 0.1) is 0 Å². The van der Waals surface area contributed by atoms with Gasteiger partial charge in [0.15, 0.2) is 5.78 Å². The summed E-state index contributed by atoms with van der Waals surface area (Å²) in [5.74, 6) is 0.225. The second-order valence-electron chi connectivity index (χ2n) is 4.54. The van der Waals surface area contributed by atoms with E-state index in [1.165, 1.54) is 21.1 Å². The molecule has 1 saturated carbocycles. The van der Waals surface area contributed by atoms with Crippen molar-refractivity contribution in [1.82, 2.24) is 0 Å². The predicted octanol–water partition coefficient (Wildman–Crippen LogP) is 2.10. The lowest BCUT2D eigenvalue weighted by molar-refractivity contribution is -0.143. The smallest absolute Gasteiger partial charge is 0.316 e. The standard InChI is InChI=1S/C14H16O4/c1-9(15)11-8-10(4-5-12(11)17-2)14(6-7-14)13(16)18-3/h4-5,8H,6-7H2,1-3H3. The molecular formula is C14H16O4. The van der Waals surface area contributed by atoms with E-state index in [4.69, 9.17) is 9.47 Å². The van der Waals surface area contributed by atoms with Crippen molar-refractivity contribution >= 4 is 11.8 Å². The summed E-state index contributed by atoms with van der Waals surface area (Å²) in [6.07, 6.45) is 1.53. The molecule has 4 nitrogen and oxygen atoms in total. The molecule has 1 aliphatic rings. The molecular weight excluding hydrogens is 232 g/mol. The van der Waals surface area contributed by atoms with Crippen LogP contribution in [0.1, 0.15) is 35.7 Å². The van der Waals surface area contributed by atoms with E-state index < -0.39 is 5.41 Å². The first-order valence-corrected chi connectivity index (χ1v) is 5.83. The van der Waals surface area contributed by atoms with Gasteiger partial charge in [-0.15, -0.1) is 0 Å². The Morgan fingerprint density at radius 2 is 1.89 bits per heavy atom. The van der Waals surface area contributed by atoms with E-state index in [1.54, 1.807) is 12.1 Å². The molecule has 0 heterocycles. The minimum Gasteiger partial charge on any atom is -0.496 e. The number of benzene rings is 1. The minimum atomic E-state index is -0.550. The number of Topliss-reactive ketones (excluding diaryl/α,β-unsaturated/α-hetero) is 1. The Morgan fingerprint density at radius 1 is 1.22 bits per heavy atom. The maximum atomic E-state index is 11.8. The van der Waals surface area contributed by atoms with E-state index in [9.17, 15) is 9.59 Å². The fourth-order valence-corrected chi connectivity index (χ4v) is 2.21. The third-order valence-electron chi connectivity index (χ3n) is 3.46. The lowest BCUT2D eigenvalue weighted by Gasteiger charge is -2.15. The van der Waals surface area contributed by atoms with E-state index in [1.807, 2.05) is 6.07 Å². The first kappa shape index (κ1) is 12.6. The summed E-state index contributed by atoms with van der Waals surface area (Å²) in [6.45, 7) is 1.49. The van der Waals surface area contributed by atoms with Gasteiger partial charge in [0.05, 0.1) is 25.2 Å². The van der Waals surface area contributed by atoms with Gasteiger partial charge in [0, 0.05) is 0 Å². The van der Waals surface area contributed by atoms with Crippen LogP contribution in [0.5, 0.6) is 5.75 Å². The van der Waals surface area contributed by atoms with Crippen LogP contribution in [0.25, 0.3) is 0 Å². The second-order valence-corrected chi connectivity index (χ2v) is 4.54. The number of ether oxygens (including phenoxy) is 2. The zero-order chi connectivity index (χ0) is 13.3. The average molecular weight is 248 g/mol. The monoisotopic (exact) mass is 248 g/mol. The molecule has 0 radical (unpaired) electrons. The highest BCUT2D eigenvalue weighted by Gasteiger charge is 2.52. The van der Waals surface area contributed by atoms with E-state index in [2.05, 4.69) is 0 Å². The molecule has 1 aromatic rings. The van der Waals surface area contributed by atoms with Gasteiger partial charge in [-0.05, 0) is 37.5 Å². The van der Waals surface area contributed by atoms with Gasteiger partial charge in [-0.1, -0.05) is 6.07 Å². The van der Waals surface area contributed by atoms with Gasteiger partial charge in [-0.3, -0.25) is 9.59 Å². The highest BCUT2D eigenvalue weighted by molar-refractivity contribution is 5.98. The molecule has 1 aromatic carbocycles. The van der Waals surface area contributed by atoms with Crippen molar-refractivity contribution in [2.24, 2.45) is 0 Å². The number of rotatable bonds is 4. The molecule has 0 saturated heterocycles. The fourth-order valence-electron chi connectivity index (χ4n) is 2.21. The number of esters is 1. The van der Waals surface area contributed by atoms with Gasteiger partial charge in [0.2, 0.25) is 0 Å². The van der Waals surface area contributed by atoms with Crippen molar-refractivity contribution in [3.05, 3.63) is 29.3 Å². The van der Waals surface area contributed by atoms with Gasteiger partial charge in [-0.25, -0.2) is 0 Å². The molecule has 0 bridgehead atoms. The lowest BCUT2D eigenvalue weighted by atomic mass is 9.93. The quantitative estimate of drug-likeness (QED) is 0.605. The topological polar surface area (TPSA) is 52.6 Å². The minimum absolute atomic E-state index is 0.0747. The molecule has 0 aromatic heterocycles. The third kappa shape index (κ3) is 1.88. The Bertz CT molecular complexity index is 501. The Balaban J connectivity index is 2.45. The first-order valence-electron chi connectivity index (χ1n) is 5.83. The van der Waals surface area contributed by atoms with Crippen LogP contribution >= 0.6 is 0 Å². The summed E-state index contributed by atoms with van der Waals surface area (Å²) < 4.78 is 9.98. The zero-order valence-corrected chi connectivity index (χ0v) is 10.8. The van der Waals surface area contributed by atoms with Crippen molar-refractivity contribution < 1.29 is 19.1 Å². The van der Waals surface area contributed by atoms with Crippen molar-refractivity contribution in [3.63, 3.8) is 0 Å². The summed E-state index contributed by atoms with van der Waals surface area (Å²) in [4.78, 5) is 23.4. The number of methoxy groups -OCH3 is 2. The van der Waals surface area contributed by atoms with Crippen LogP contribution in [0.4, 0.5) is 0 Å². The van der Waals surface area contributed by atoms with Crippen LogP contribution in [-0.2, 0) is 14.9 Å². The maximum Gasteiger partial charge on any atom is 0.316 e. The Labute approximate surface area is 106 Å². The van der Waals surface area contributed by atoms with Gasteiger partial charge >= 0.3 is 5.97 Å². The molecule has 4 heteroatoms. The first-order chi connectivity index (χ1) is 8.55.